The average Bonchev–Trinajstić information content (AvgIpc) is 3.29. The predicted octanol–water partition coefficient (Wildman–Crippen LogP) is 5.07. The van der Waals surface area contributed by atoms with Gasteiger partial charge >= 0.3 is 18.1 Å². The molecule has 3 N–H and O–H groups in total. The largest absolute Gasteiger partial charge is 0.490 e. The first-order chi connectivity index (χ1) is 17.5. The standard InChI is InChI=1S/C22H23N3O3S2.C2HF3O2/c1-16-7-5-6-10-18(16)21-19(15-25(24-21)17-8-3-2-4-9-17)22(28)23-12-14-30-29-13-11-20(26)27;3-2(4,5)1(6)7/h2-10,15H,11-14H2,1H3,(H,23,28)(H,26,27);(H,6,7). The van der Waals surface area contributed by atoms with E-state index in [0.29, 0.717) is 29.3 Å². The van der Waals surface area contributed by atoms with Gasteiger partial charge in [-0.15, -0.1) is 0 Å². The Kier molecular flexibility index (Phi) is 11.5. The number of hydrogen-bond donors (Lipinski definition) is 3. The highest BCUT2D eigenvalue weighted by Gasteiger charge is 2.38. The van der Waals surface area contributed by atoms with Crippen LogP contribution in [0.1, 0.15) is 22.3 Å². The number of aryl methyl sites for hydroxylation is 1. The fourth-order valence-corrected chi connectivity index (χ4v) is 4.73. The Bertz CT molecular complexity index is 1200. The summed E-state index contributed by atoms with van der Waals surface area (Å²) in [5, 5.41) is 23.4. The second-order valence-corrected chi connectivity index (χ2v) is 10.0. The number of carboxylic acids is 2. The minimum atomic E-state index is -5.08. The topological polar surface area (TPSA) is 122 Å². The Morgan fingerprint density at radius 1 is 0.973 bits per heavy atom. The first-order valence-electron chi connectivity index (χ1n) is 10.8. The summed E-state index contributed by atoms with van der Waals surface area (Å²) in [5.74, 6) is -2.48. The van der Waals surface area contributed by atoms with Crippen LogP contribution >= 0.6 is 21.6 Å². The number of carbonyl (C=O) groups excluding carboxylic acids is 1. The van der Waals surface area contributed by atoms with Gasteiger partial charge in [-0.1, -0.05) is 64.1 Å². The van der Waals surface area contributed by atoms with Gasteiger partial charge in [0.1, 0.15) is 5.69 Å². The molecule has 0 radical (unpaired) electrons. The van der Waals surface area contributed by atoms with Gasteiger partial charge in [0, 0.05) is 29.8 Å². The second-order valence-electron chi connectivity index (χ2n) is 7.33. The van der Waals surface area contributed by atoms with Gasteiger partial charge < -0.3 is 15.5 Å². The summed E-state index contributed by atoms with van der Waals surface area (Å²) in [6.07, 6.45) is -3.18. The maximum absolute atomic E-state index is 12.9. The first kappa shape index (κ1) is 29.8. The van der Waals surface area contributed by atoms with Crippen molar-refractivity contribution in [1.82, 2.24) is 15.1 Å². The van der Waals surface area contributed by atoms with Gasteiger partial charge in [0.25, 0.3) is 5.91 Å². The van der Waals surface area contributed by atoms with Gasteiger partial charge in [-0.3, -0.25) is 9.59 Å². The molecule has 13 heteroatoms. The SMILES string of the molecule is Cc1ccccc1-c1nn(-c2ccccc2)cc1C(=O)NCCSSCCC(=O)O.O=C(O)C(F)(F)F. The zero-order valence-electron chi connectivity index (χ0n) is 19.6. The van der Waals surface area contributed by atoms with Gasteiger partial charge in [0.2, 0.25) is 0 Å². The molecule has 0 saturated carbocycles. The Balaban J connectivity index is 0.000000604. The molecular formula is C24H24F3N3O5S2. The molecule has 0 aliphatic heterocycles. The van der Waals surface area contributed by atoms with Crippen molar-refractivity contribution in [2.24, 2.45) is 0 Å². The van der Waals surface area contributed by atoms with Crippen LogP contribution in [0.4, 0.5) is 13.2 Å². The van der Waals surface area contributed by atoms with Crippen LogP contribution in [-0.4, -0.2) is 62.1 Å². The van der Waals surface area contributed by atoms with Crippen LogP contribution in [0.3, 0.4) is 0 Å². The Hall–Kier alpha value is -3.45. The zero-order valence-corrected chi connectivity index (χ0v) is 21.2. The minimum Gasteiger partial charge on any atom is -0.481 e. The molecule has 0 fully saturated rings. The fourth-order valence-electron chi connectivity index (χ4n) is 2.84. The van der Waals surface area contributed by atoms with E-state index >= 15 is 0 Å². The van der Waals surface area contributed by atoms with Crippen LogP contribution < -0.4 is 5.32 Å². The zero-order chi connectivity index (χ0) is 27.4. The molecule has 37 heavy (non-hydrogen) atoms. The molecule has 0 atom stereocenters. The van der Waals surface area contributed by atoms with Crippen LogP contribution in [0, 0.1) is 6.92 Å². The monoisotopic (exact) mass is 555 g/mol. The van der Waals surface area contributed by atoms with Crippen LogP contribution in [0.2, 0.25) is 0 Å². The smallest absolute Gasteiger partial charge is 0.481 e. The summed E-state index contributed by atoms with van der Waals surface area (Å²) in [4.78, 5) is 32.3. The molecule has 0 saturated heterocycles. The van der Waals surface area contributed by atoms with E-state index in [4.69, 9.17) is 20.1 Å². The molecule has 0 spiro atoms. The summed E-state index contributed by atoms with van der Waals surface area (Å²) in [7, 11) is 3.06. The highest BCUT2D eigenvalue weighted by atomic mass is 33.1. The Labute approximate surface area is 218 Å². The first-order valence-corrected chi connectivity index (χ1v) is 13.2. The van der Waals surface area contributed by atoms with Crippen LogP contribution in [0.25, 0.3) is 16.9 Å². The third kappa shape index (κ3) is 9.84. The molecular weight excluding hydrogens is 531 g/mol. The molecule has 3 rings (SSSR count). The summed E-state index contributed by atoms with van der Waals surface area (Å²) in [5.41, 5.74) is 4.04. The molecule has 198 valence electrons. The maximum Gasteiger partial charge on any atom is 0.490 e. The highest BCUT2D eigenvalue weighted by molar-refractivity contribution is 8.76. The molecule has 0 unspecified atom stereocenters. The summed E-state index contributed by atoms with van der Waals surface area (Å²) in [6.45, 7) is 2.50. The molecule has 1 amide bonds. The van der Waals surface area contributed by atoms with E-state index in [2.05, 4.69) is 5.32 Å². The number of carbonyl (C=O) groups is 3. The van der Waals surface area contributed by atoms with Crippen molar-refractivity contribution in [3.63, 3.8) is 0 Å². The normalized spacial score (nSPS) is 10.8. The van der Waals surface area contributed by atoms with E-state index in [1.165, 1.54) is 10.8 Å². The van der Waals surface area contributed by atoms with Crippen molar-refractivity contribution in [1.29, 1.82) is 0 Å². The number of aliphatic carboxylic acids is 2. The summed E-state index contributed by atoms with van der Waals surface area (Å²) < 4.78 is 33.5. The number of amides is 1. The van der Waals surface area contributed by atoms with Crippen LogP contribution in [0.15, 0.2) is 60.8 Å². The van der Waals surface area contributed by atoms with Crippen LogP contribution in [-0.2, 0) is 9.59 Å². The number of benzene rings is 2. The van der Waals surface area contributed by atoms with Crippen molar-refractivity contribution in [3.8, 4) is 16.9 Å². The third-order valence-electron chi connectivity index (χ3n) is 4.58. The number of alkyl halides is 3. The second kappa shape index (κ2) is 14.3. The average molecular weight is 556 g/mol. The molecule has 1 aromatic heterocycles. The lowest BCUT2D eigenvalue weighted by molar-refractivity contribution is -0.192. The minimum absolute atomic E-state index is 0.141. The van der Waals surface area contributed by atoms with E-state index in [1.54, 1.807) is 21.7 Å². The van der Waals surface area contributed by atoms with Crippen LogP contribution in [0.5, 0.6) is 0 Å². The summed E-state index contributed by atoms with van der Waals surface area (Å²) >= 11 is 0. The number of carboxylic acid groups (broad SMARTS) is 2. The van der Waals surface area contributed by atoms with Crippen molar-refractivity contribution in [3.05, 3.63) is 71.9 Å². The van der Waals surface area contributed by atoms with Gasteiger partial charge in [0.15, 0.2) is 0 Å². The lowest BCUT2D eigenvalue weighted by atomic mass is 10.0. The van der Waals surface area contributed by atoms with Gasteiger partial charge in [-0.05, 0) is 24.6 Å². The molecule has 0 aliphatic rings. The van der Waals surface area contributed by atoms with Crippen molar-refractivity contribution in [2.75, 3.05) is 18.1 Å². The van der Waals surface area contributed by atoms with E-state index in [1.807, 2.05) is 61.5 Å². The quantitative estimate of drug-likeness (QED) is 0.234. The molecule has 0 aliphatic carbocycles. The van der Waals surface area contributed by atoms with E-state index in [-0.39, 0.29) is 12.3 Å². The number of halogens is 3. The Morgan fingerprint density at radius 2 is 1.57 bits per heavy atom. The molecule has 2 aromatic carbocycles. The van der Waals surface area contributed by atoms with E-state index in [9.17, 15) is 22.8 Å². The lowest BCUT2D eigenvalue weighted by Crippen LogP contribution is -2.25. The predicted molar refractivity (Wildman–Crippen MR) is 137 cm³/mol. The van der Waals surface area contributed by atoms with Gasteiger partial charge in [0.05, 0.1) is 17.7 Å². The molecule has 1 heterocycles. The van der Waals surface area contributed by atoms with E-state index in [0.717, 1.165) is 16.8 Å². The van der Waals surface area contributed by atoms with E-state index < -0.39 is 18.1 Å². The van der Waals surface area contributed by atoms with Crippen molar-refractivity contribution >= 4 is 39.4 Å². The van der Waals surface area contributed by atoms with Gasteiger partial charge in [-0.2, -0.15) is 18.3 Å². The fraction of sp³-hybridized carbons (Fsp3) is 0.250. The third-order valence-corrected chi connectivity index (χ3v) is 6.98. The molecule has 8 nitrogen and oxygen atoms in total. The summed E-state index contributed by atoms with van der Waals surface area (Å²) in [6, 6.07) is 17.6. The number of nitrogens with one attached hydrogen (secondary N) is 1. The molecule has 3 aromatic rings. The number of aromatic nitrogens is 2. The number of hydrogen-bond acceptors (Lipinski definition) is 6. The maximum atomic E-state index is 12.9. The number of para-hydroxylation sites is 1. The highest BCUT2D eigenvalue weighted by Crippen LogP contribution is 2.27. The number of rotatable bonds is 10. The van der Waals surface area contributed by atoms with Gasteiger partial charge in [-0.25, -0.2) is 9.48 Å². The van der Waals surface area contributed by atoms with Crippen molar-refractivity contribution < 1.29 is 37.8 Å². The van der Waals surface area contributed by atoms with Crippen molar-refractivity contribution in [2.45, 2.75) is 19.5 Å². The lowest BCUT2D eigenvalue weighted by Gasteiger charge is -2.07. The molecule has 0 bridgehead atoms. The number of nitrogens with zero attached hydrogens (tertiary/aromatic N) is 2. The Morgan fingerprint density at radius 3 is 2.16 bits per heavy atom.